The standard InChI is InChI=1S/C15H13N3O2S/c16-15-12(11-5-2-8-21-11)13(17-18-15)9-3-1-4-10-14(9)20-7-6-19-10/h1-5,8H,6-7H2,(H3,16,17,18). The summed E-state index contributed by atoms with van der Waals surface area (Å²) in [6.07, 6.45) is 0. The van der Waals surface area contributed by atoms with Crippen LogP contribution in [0, 0.1) is 0 Å². The molecule has 0 saturated carbocycles. The molecule has 0 aliphatic carbocycles. The molecule has 3 N–H and O–H groups in total. The number of para-hydroxylation sites is 1. The summed E-state index contributed by atoms with van der Waals surface area (Å²) < 4.78 is 11.4. The zero-order valence-corrected chi connectivity index (χ0v) is 11.9. The molecular weight excluding hydrogens is 286 g/mol. The van der Waals surface area contributed by atoms with Gasteiger partial charge in [0.05, 0.1) is 11.3 Å². The number of nitrogens with two attached hydrogens (primary N) is 1. The number of rotatable bonds is 2. The molecule has 21 heavy (non-hydrogen) atoms. The minimum absolute atomic E-state index is 0.488. The summed E-state index contributed by atoms with van der Waals surface area (Å²) in [5, 5.41) is 9.21. The Morgan fingerprint density at radius 2 is 2.05 bits per heavy atom. The second-order valence-corrected chi connectivity index (χ2v) is 5.61. The molecule has 0 atom stereocenters. The highest BCUT2D eigenvalue weighted by Gasteiger charge is 2.22. The molecule has 3 aromatic rings. The van der Waals surface area contributed by atoms with Gasteiger partial charge < -0.3 is 15.2 Å². The Labute approximate surface area is 125 Å². The van der Waals surface area contributed by atoms with Crippen molar-refractivity contribution in [2.24, 2.45) is 0 Å². The number of aromatic nitrogens is 2. The maximum Gasteiger partial charge on any atom is 0.170 e. The van der Waals surface area contributed by atoms with Gasteiger partial charge in [-0.3, -0.25) is 5.10 Å². The maximum absolute atomic E-state index is 6.04. The Kier molecular flexibility index (Phi) is 2.82. The SMILES string of the molecule is Nc1n[nH]c(-c2cccc3c2OCCO3)c1-c1cccs1. The monoisotopic (exact) mass is 299 g/mol. The van der Waals surface area contributed by atoms with Crippen molar-refractivity contribution in [3.8, 4) is 33.2 Å². The molecule has 6 heteroatoms. The lowest BCUT2D eigenvalue weighted by Gasteiger charge is -2.20. The first kappa shape index (κ1) is 12.3. The molecule has 2 aromatic heterocycles. The summed E-state index contributed by atoms with van der Waals surface area (Å²) in [6.45, 7) is 1.11. The third-order valence-electron chi connectivity index (χ3n) is 3.40. The predicted molar refractivity (Wildman–Crippen MR) is 82.7 cm³/mol. The molecule has 0 spiro atoms. The van der Waals surface area contributed by atoms with Gasteiger partial charge in [-0.25, -0.2) is 0 Å². The molecule has 3 heterocycles. The number of nitrogens with one attached hydrogen (secondary N) is 1. The highest BCUT2D eigenvalue weighted by atomic mass is 32.1. The minimum atomic E-state index is 0.488. The average molecular weight is 299 g/mol. The molecule has 0 bridgehead atoms. The number of anilines is 1. The number of hydrogen-bond acceptors (Lipinski definition) is 5. The van der Waals surface area contributed by atoms with Crippen LogP contribution >= 0.6 is 11.3 Å². The summed E-state index contributed by atoms with van der Waals surface area (Å²) in [4.78, 5) is 1.07. The predicted octanol–water partition coefficient (Wildman–Crippen LogP) is 3.16. The topological polar surface area (TPSA) is 73.2 Å². The van der Waals surface area contributed by atoms with Crippen LogP contribution in [-0.4, -0.2) is 23.4 Å². The number of hydrogen-bond donors (Lipinski definition) is 2. The fourth-order valence-corrected chi connectivity index (χ4v) is 3.28. The van der Waals surface area contributed by atoms with E-state index in [1.807, 2.05) is 35.7 Å². The van der Waals surface area contributed by atoms with Gasteiger partial charge in [0.15, 0.2) is 17.3 Å². The van der Waals surface area contributed by atoms with Crippen LogP contribution in [0.25, 0.3) is 21.7 Å². The van der Waals surface area contributed by atoms with Crippen molar-refractivity contribution < 1.29 is 9.47 Å². The van der Waals surface area contributed by atoms with Crippen LogP contribution in [0.15, 0.2) is 35.7 Å². The lowest BCUT2D eigenvalue weighted by Crippen LogP contribution is -2.15. The molecule has 0 unspecified atom stereocenters. The van der Waals surface area contributed by atoms with Crippen LogP contribution in [0.5, 0.6) is 11.5 Å². The minimum Gasteiger partial charge on any atom is -0.486 e. The first-order valence-electron chi connectivity index (χ1n) is 6.61. The molecule has 5 nitrogen and oxygen atoms in total. The van der Waals surface area contributed by atoms with E-state index in [1.54, 1.807) is 11.3 Å². The van der Waals surface area contributed by atoms with Crippen LogP contribution < -0.4 is 15.2 Å². The summed E-state index contributed by atoms with van der Waals surface area (Å²) in [5.74, 6) is 1.98. The average Bonchev–Trinajstić information content (AvgIpc) is 3.16. The van der Waals surface area contributed by atoms with Gasteiger partial charge in [-0.2, -0.15) is 5.10 Å². The van der Waals surface area contributed by atoms with E-state index >= 15 is 0 Å². The van der Waals surface area contributed by atoms with Crippen molar-refractivity contribution in [2.45, 2.75) is 0 Å². The van der Waals surface area contributed by atoms with Crippen LogP contribution in [0.3, 0.4) is 0 Å². The highest BCUT2D eigenvalue weighted by molar-refractivity contribution is 7.13. The Morgan fingerprint density at radius 1 is 1.14 bits per heavy atom. The van der Waals surface area contributed by atoms with Gasteiger partial charge in [-0.1, -0.05) is 12.1 Å². The quantitative estimate of drug-likeness (QED) is 0.762. The lowest BCUT2D eigenvalue weighted by atomic mass is 10.0. The second kappa shape index (κ2) is 4.82. The number of H-pyrrole nitrogens is 1. The second-order valence-electron chi connectivity index (χ2n) is 4.67. The van der Waals surface area contributed by atoms with Gasteiger partial charge >= 0.3 is 0 Å². The fourth-order valence-electron chi connectivity index (χ4n) is 2.49. The van der Waals surface area contributed by atoms with Crippen molar-refractivity contribution in [3.63, 3.8) is 0 Å². The number of nitrogen functional groups attached to an aromatic ring is 1. The Morgan fingerprint density at radius 3 is 2.90 bits per heavy atom. The summed E-state index contributed by atoms with van der Waals surface area (Å²) >= 11 is 1.63. The Hall–Kier alpha value is -2.47. The van der Waals surface area contributed by atoms with Gasteiger partial charge in [0, 0.05) is 10.4 Å². The zero-order chi connectivity index (χ0) is 14.2. The number of nitrogens with zero attached hydrogens (tertiary/aromatic N) is 1. The Bertz CT molecular complexity index is 780. The van der Waals surface area contributed by atoms with Crippen LogP contribution in [0.2, 0.25) is 0 Å². The zero-order valence-electron chi connectivity index (χ0n) is 11.1. The normalized spacial score (nSPS) is 13.3. The van der Waals surface area contributed by atoms with Crippen molar-refractivity contribution in [1.82, 2.24) is 10.2 Å². The molecule has 0 saturated heterocycles. The van der Waals surface area contributed by atoms with Crippen molar-refractivity contribution in [1.29, 1.82) is 0 Å². The van der Waals surface area contributed by atoms with Gasteiger partial charge in [-0.05, 0) is 23.6 Å². The summed E-state index contributed by atoms with van der Waals surface area (Å²) in [6, 6.07) is 9.86. The van der Waals surface area contributed by atoms with E-state index in [-0.39, 0.29) is 0 Å². The Balaban J connectivity index is 1.93. The van der Waals surface area contributed by atoms with E-state index in [4.69, 9.17) is 15.2 Å². The smallest absolute Gasteiger partial charge is 0.170 e. The molecule has 106 valence electrons. The molecule has 0 amide bonds. The number of thiophene rings is 1. The first-order chi connectivity index (χ1) is 10.3. The van der Waals surface area contributed by atoms with E-state index in [0.29, 0.717) is 19.0 Å². The molecule has 1 aliphatic rings. The van der Waals surface area contributed by atoms with E-state index < -0.39 is 0 Å². The molecule has 4 rings (SSSR count). The van der Waals surface area contributed by atoms with E-state index in [2.05, 4.69) is 10.2 Å². The van der Waals surface area contributed by atoms with E-state index in [0.717, 1.165) is 33.2 Å². The third-order valence-corrected chi connectivity index (χ3v) is 4.28. The molecule has 1 aromatic carbocycles. The largest absolute Gasteiger partial charge is 0.486 e. The van der Waals surface area contributed by atoms with Gasteiger partial charge in [0.2, 0.25) is 0 Å². The molecule has 0 radical (unpaired) electrons. The van der Waals surface area contributed by atoms with Crippen LogP contribution in [0.4, 0.5) is 5.82 Å². The molecule has 1 aliphatic heterocycles. The third kappa shape index (κ3) is 1.95. The van der Waals surface area contributed by atoms with E-state index in [9.17, 15) is 0 Å². The lowest BCUT2D eigenvalue weighted by molar-refractivity contribution is 0.172. The fraction of sp³-hybridized carbons (Fsp3) is 0.133. The van der Waals surface area contributed by atoms with Crippen LogP contribution in [-0.2, 0) is 0 Å². The van der Waals surface area contributed by atoms with Crippen molar-refractivity contribution in [3.05, 3.63) is 35.7 Å². The number of benzene rings is 1. The number of aromatic amines is 1. The van der Waals surface area contributed by atoms with Crippen molar-refractivity contribution in [2.75, 3.05) is 18.9 Å². The van der Waals surface area contributed by atoms with E-state index in [1.165, 1.54) is 0 Å². The summed E-state index contributed by atoms with van der Waals surface area (Å²) in [7, 11) is 0. The van der Waals surface area contributed by atoms with Gasteiger partial charge in [0.25, 0.3) is 0 Å². The number of ether oxygens (including phenoxy) is 2. The number of fused-ring (bicyclic) bond motifs is 1. The summed E-state index contributed by atoms with van der Waals surface area (Å²) in [5.41, 5.74) is 8.72. The molecular formula is C15H13N3O2S. The van der Waals surface area contributed by atoms with Crippen LogP contribution in [0.1, 0.15) is 0 Å². The maximum atomic E-state index is 6.04. The molecule has 0 fully saturated rings. The first-order valence-corrected chi connectivity index (χ1v) is 7.49. The van der Waals surface area contributed by atoms with Gasteiger partial charge in [-0.15, -0.1) is 11.3 Å². The highest BCUT2D eigenvalue weighted by Crippen LogP contribution is 2.44. The van der Waals surface area contributed by atoms with Crippen molar-refractivity contribution >= 4 is 17.2 Å². The van der Waals surface area contributed by atoms with Gasteiger partial charge in [0.1, 0.15) is 13.2 Å².